The maximum absolute atomic E-state index is 11.7. The van der Waals surface area contributed by atoms with E-state index < -0.39 is 35.0 Å². The third-order valence-corrected chi connectivity index (χ3v) is 3.55. The summed E-state index contributed by atoms with van der Waals surface area (Å²) in [6.45, 7) is 2.02. The van der Waals surface area contributed by atoms with E-state index in [2.05, 4.69) is 4.28 Å². The van der Waals surface area contributed by atoms with Crippen LogP contribution in [0, 0.1) is 17.8 Å². The van der Waals surface area contributed by atoms with Crippen LogP contribution in [-0.2, 0) is 25.2 Å². The van der Waals surface area contributed by atoms with Gasteiger partial charge in [-0.05, 0) is 25.2 Å². The molecule has 2 amide bonds. The fourth-order valence-electron chi connectivity index (χ4n) is 2.49. The first kappa shape index (κ1) is 11.7. The van der Waals surface area contributed by atoms with Crippen LogP contribution >= 0.6 is 0 Å². The first-order valence-corrected chi connectivity index (χ1v) is 6.16. The van der Waals surface area contributed by atoms with Gasteiger partial charge in [-0.3, -0.25) is 9.59 Å². The SMILES string of the molecule is CC1CCC2C(=O)N(OS(=O)[O-])C(=O)C2C1. The van der Waals surface area contributed by atoms with Crippen molar-refractivity contribution in [3.8, 4) is 0 Å². The zero-order valence-electron chi connectivity index (χ0n) is 8.75. The van der Waals surface area contributed by atoms with E-state index in [0.29, 0.717) is 23.8 Å². The highest BCUT2D eigenvalue weighted by Crippen LogP contribution is 2.40. The molecule has 0 aromatic rings. The first-order chi connectivity index (χ1) is 7.50. The van der Waals surface area contributed by atoms with Gasteiger partial charge in [0.15, 0.2) is 0 Å². The van der Waals surface area contributed by atoms with Crippen LogP contribution in [0.15, 0.2) is 0 Å². The molecule has 0 spiro atoms. The smallest absolute Gasteiger partial charge is 0.258 e. The molecular formula is C9H12NO5S-. The number of rotatable bonds is 2. The molecule has 0 aromatic carbocycles. The second-order valence-electron chi connectivity index (χ2n) is 4.38. The van der Waals surface area contributed by atoms with E-state index in [1.807, 2.05) is 6.92 Å². The van der Waals surface area contributed by atoms with E-state index in [-0.39, 0.29) is 0 Å². The number of nitrogens with zero attached hydrogens (tertiary/aromatic N) is 1. The van der Waals surface area contributed by atoms with Crippen LogP contribution in [0.4, 0.5) is 0 Å². The molecule has 1 saturated carbocycles. The minimum absolute atomic E-state index is 0.385. The predicted molar refractivity (Wildman–Crippen MR) is 51.9 cm³/mol. The third-order valence-electron chi connectivity index (χ3n) is 3.28. The maximum Gasteiger partial charge on any atom is 0.258 e. The predicted octanol–water partition coefficient (Wildman–Crippen LogP) is 0.133. The largest absolute Gasteiger partial charge is 0.748 e. The molecule has 2 aliphatic rings. The van der Waals surface area contributed by atoms with E-state index in [4.69, 9.17) is 0 Å². The molecule has 90 valence electrons. The minimum Gasteiger partial charge on any atom is -0.748 e. The van der Waals surface area contributed by atoms with E-state index in [0.717, 1.165) is 6.42 Å². The maximum atomic E-state index is 11.7. The molecule has 2 rings (SSSR count). The summed E-state index contributed by atoms with van der Waals surface area (Å²) < 4.78 is 24.9. The van der Waals surface area contributed by atoms with Gasteiger partial charge in [-0.25, -0.2) is 4.21 Å². The van der Waals surface area contributed by atoms with Crippen molar-refractivity contribution >= 4 is 23.2 Å². The quantitative estimate of drug-likeness (QED) is 0.510. The molecule has 1 aliphatic carbocycles. The average Bonchev–Trinajstić information content (AvgIpc) is 2.43. The number of hydrogen-bond donors (Lipinski definition) is 0. The topological polar surface area (TPSA) is 86.7 Å². The van der Waals surface area contributed by atoms with Gasteiger partial charge < -0.3 is 4.55 Å². The van der Waals surface area contributed by atoms with Crippen LogP contribution in [0.2, 0.25) is 0 Å². The van der Waals surface area contributed by atoms with Crippen LogP contribution in [0.3, 0.4) is 0 Å². The Hall–Kier alpha value is -0.790. The molecule has 16 heavy (non-hydrogen) atoms. The van der Waals surface area contributed by atoms with Crippen molar-refractivity contribution < 1.29 is 22.6 Å². The van der Waals surface area contributed by atoms with Gasteiger partial charge in [0.25, 0.3) is 11.8 Å². The van der Waals surface area contributed by atoms with Crippen molar-refractivity contribution in [1.82, 2.24) is 5.06 Å². The van der Waals surface area contributed by atoms with Gasteiger partial charge in [0.2, 0.25) is 0 Å². The number of carbonyl (C=O) groups excluding carboxylic acids is 2. The van der Waals surface area contributed by atoms with Crippen molar-refractivity contribution in [2.75, 3.05) is 0 Å². The van der Waals surface area contributed by atoms with Crippen molar-refractivity contribution in [2.45, 2.75) is 26.2 Å². The highest BCUT2D eigenvalue weighted by molar-refractivity contribution is 7.74. The van der Waals surface area contributed by atoms with Crippen LogP contribution < -0.4 is 0 Å². The lowest BCUT2D eigenvalue weighted by Crippen LogP contribution is -2.31. The summed E-state index contributed by atoms with van der Waals surface area (Å²) in [7, 11) is 0. The molecule has 2 fully saturated rings. The molecule has 1 heterocycles. The van der Waals surface area contributed by atoms with Crippen LogP contribution in [0.25, 0.3) is 0 Å². The van der Waals surface area contributed by atoms with Gasteiger partial charge in [-0.1, -0.05) is 6.92 Å². The second-order valence-corrected chi connectivity index (χ2v) is 4.94. The minimum atomic E-state index is -2.88. The molecule has 0 bridgehead atoms. The van der Waals surface area contributed by atoms with Crippen molar-refractivity contribution in [2.24, 2.45) is 17.8 Å². The van der Waals surface area contributed by atoms with Gasteiger partial charge in [0, 0.05) is 0 Å². The van der Waals surface area contributed by atoms with Gasteiger partial charge in [-0.2, -0.15) is 4.28 Å². The molecule has 1 saturated heterocycles. The fourth-order valence-corrected chi connectivity index (χ4v) is 2.76. The molecule has 4 atom stereocenters. The average molecular weight is 246 g/mol. The standard InChI is InChI=1S/C9H13NO5S/c1-5-2-3-6-7(4-5)9(12)10(8(6)11)15-16(13)14/h5-7H,2-4H2,1H3,(H,13,14)/p-1. The van der Waals surface area contributed by atoms with E-state index in [9.17, 15) is 18.4 Å². The monoisotopic (exact) mass is 246 g/mol. The number of carbonyl (C=O) groups is 2. The highest BCUT2D eigenvalue weighted by Gasteiger charge is 2.50. The third kappa shape index (κ3) is 1.90. The Kier molecular flexibility index (Phi) is 3.09. The first-order valence-electron chi connectivity index (χ1n) is 5.16. The van der Waals surface area contributed by atoms with E-state index in [1.165, 1.54) is 0 Å². The Morgan fingerprint density at radius 2 is 1.94 bits per heavy atom. The molecule has 4 unspecified atom stereocenters. The summed E-state index contributed by atoms with van der Waals surface area (Å²) in [6, 6.07) is 0. The summed E-state index contributed by atoms with van der Waals surface area (Å²) in [6.07, 6.45) is 2.14. The zero-order valence-corrected chi connectivity index (χ0v) is 9.57. The second kappa shape index (κ2) is 4.23. The van der Waals surface area contributed by atoms with Gasteiger partial charge >= 0.3 is 0 Å². The van der Waals surface area contributed by atoms with E-state index in [1.54, 1.807) is 0 Å². The molecule has 0 N–H and O–H groups in total. The Morgan fingerprint density at radius 1 is 1.31 bits per heavy atom. The molecule has 0 aromatic heterocycles. The molecule has 0 radical (unpaired) electrons. The number of hydrogen-bond acceptors (Lipinski definition) is 5. The number of hydroxylamine groups is 2. The number of amides is 2. The van der Waals surface area contributed by atoms with Crippen molar-refractivity contribution in [1.29, 1.82) is 0 Å². The highest BCUT2D eigenvalue weighted by atomic mass is 32.2. The van der Waals surface area contributed by atoms with Crippen LogP contribution in [0.5, 0.6) is 0 Å². The Bertz CT molecular complexity index is 358. The fraction of sp³-hybridized carbons (Fsp3) is 0.778. The van der Waals surface area contributed by atoms with Crippen molar-refractivity contribution in [3.05, 3.63) is 0 Å². The van der Waals surface area contributed by atoms with E-state index >= 15 is 0 Å². The zero-order chi connectivity index (χ0) is 11.9. The summed E-state index contributed by atoms with van der Waals surface area (Å²) in [5, 5.41) is 0.399. The number of imide groups is 1. The number of fused-ring (bicyclic) bond motifs is 1. The summed E-state index contributed by atoms with van der Waals surface area (Å²) in [4.78, 5) is 23.4. The van der Waals surface area contributed by atoms with Crippen LogP contribution in [-0.4, -0.2) is 25.6 Å². The van der Waals surface area contributed by atoms with Crippen LogP contribution in [0.1, 0.15) is 26.2 Å². The Balaban J connectivity index is 2.17. The Labute approximate surface area is 95.4 Å². The molecule has 1 aliphatic heterocycles. The van der Waals surface area contributed by atoms with Gasteiger partial charge in [0.05, 0.1) is 11.8 Å². The molecule has 7 heteroatoms. The van der Waals surface area contributed by atoms with Crippen molar-refractivity contribution in [3.63, 3.8) is 0 Å². The molecular weight excluding hydrogens is 234 g/mol. The molecule has 6 nitrogen and oxygen atoms in total. The van der Waals surface area contributed by atoms with Gasteiger partial charge in [-0.15, -0.1) is 5.06 Å². The Morgan fingerprint density at radius 3 is 2.56 bits per heavy atom. The summed E-state index contributed by atoms with van der Waals surface area (Å²) >= 11 is -2.88. The van der Waals surface area contributed by atoms with Gasteiger partial charge in [0.1, 0.15) is 11.4 Å². The lowest BCUT2D eigenvalue weighted by Gasteiger charge is -2.25. The lowest BCUT2D eigenvalue weighted by atomic mass is 9.76. The summed E-state index contributed by atoms with van der Waals surface area (Å²) in [5.74, 6) is -1.46. The lowest BCUT2D eigenvalue weighted by molar-refractivity contribution is -0.165. The summed E-state index contributed by atoms with van der Waals surface area (Å²) in [5.41, 5.74) is 0. The normalized spacial score (nSPS) is 36.4.